The summed E-state index contributed by atoms with van der Waals surface area (Å²) in [4.78, 5) is 38.6. The Morgan fingerprint density at radius 1 is 1.29 bits per heavy atom. The minimum Gasteiger partial charge on any atom is -0.369 e. The van der Waals surface area contributed by atoms with Crippen molar-refractivity contribution in [2.24, 2.45) is 11.7 Å². The van der Waals surface area contributed by atoms with Crippen LogP contribution in [0.3, 0.4) is 0 Å². The highest BCUT2D eigenvalue weighted by Crippen LogP contribution is 2.16. The van der Waals surface area contributed by atoms with E-state index in [2.05, 4.69) is 5.32 Å². The van der Waals surface area contributed by atoms with Crippen LogP contribution in [-0.4, -0.2) is 66.8 Å². The largest absolute Gasteiger partial charge is 0.369 e. The molecule has 3 amide bonds. The fraction of sp³-hybridized carbons (Fsp3) is 0.786. The Morgan fingerprint density at radius 3 is 2.57 bits per heavy atom. The first kappa shape index (κ1) is 17.4. The molecule has 1 atom stereocenters. The average Bonchev–Trinajstić information content (AvgIpc) is 2.46. The molecule has 1 rings (SSSR count). The quantitative estimate of drug-likeness (QED) is 0.641. The van der Waals surface area contributed by atoms with Gasteiger partial charge in [0, 0.05) is 19.6 Å². The molecule has 0 spiro atoms. The van der Waals surface area contributed by atoms with Gasteiger partial charge < -0.3 is 16.0 Å². The Labute approximate surface area is 125 Å². The molecule has 1 unspecified atom stereocenters. The SMILES string of the molecule is CCNC(=O)CN(CC)CC(=O)N1CCCC(C(N)=O)C1. The van der Waals surface area contributed by atoms with E-state index in [1.54, 1.807) is 9.80 Å². The molecule has 1 fully saturated rings. The lowest BCUT2D eigenvalue weighted by Crippen LogP contribution is -2.49. The van der Waals surface area contributed by atoms with E-state index in [9.17, 15) is 14.4 Å². The highest BCUT2D eigenvalue weighted by Gasteiger charge is 2.27. The number of nitrogens with zero attached hydrogens (tertiary/aromatic N) is 2. The number of rotatable bonds is 7. The van der Waals surface area contributed by atoms with Gasteiger partial charge in [-0.3, -0.25) is 19.3 Å². The number of carbonyl (C=O) groups excluding carboxylic acids is 3. The maximum absolute atomic E-state index is 12.3. The third kappa shape index (κ3) is 5.71. The second-order valence-electron chi connectivity index (χ2n) is 5.34. The number of nitrogens with one attached hydrogen (secondary N) is 1. The predicted molar refractivity (Wildman–Crippen MR) is 79.3 cm³/mol. The van der Waals surface area contributed by atoms with Gasteiger partial charge in [0.25, 0.3) is 0 Å². The van der Waals surface area contributed by atoms with Crippen LogP contribution in [0.15, 0.2) is 0 Å². The van der Waals surface area contributed by atoms with Crippen LogP contribution in [-0.2, 0) is 14.4 Å². The smallest absolute Gasteiger partial charge is 0.236 e. The van der Waals surface area contributed by atoms with Crippen molar-refractivity contribution >= 4 is 17.7 Å². The van der Waals surface area contributed by atoms with Crippen LogP contribution < -0.4 is 11.1 Å². The summed E-state index contributed by atoms with van der Waals surface area (Å²) in [6.45, 7) is 6.43. The topological polar surface area (TPSA) is 95.7 Å². The molecule has 0 aliphatic carbocycles. The van der Waals surface area contributed by atoms with Crippen molar-refractivity contribution in [3.8, 4) is 0 Å². The van der Waals surface area contributed by atoms with Gasteiger partial charge in [-0.15, -0.1) is 0 Å². The molecule has 1 saturated heterocycles. The van der Waals surface area contributed by atoms with Gasteiger partial charge in [0.2, 0.25) is 17.7 Å². The lowest BCUT2D eigenvalue weighted by molar-refractivity contribution is -0.136. The zero-order valence-electron chi connectivity index (χ0n) is 12.9. The van der Waals surface area contributed by atoms with Gasteiger partial charge >= 0.3 is 0 Å². The number of carbonyl (C=O) groups is 3. The van der Waals surface area contributed by atoms with Gasteiger partial charge in [-0.05, 0) is 26.3 Å². The molecule has 0 aromatic carbocycles. The average molecular weight is 298 g/mol. The van der Waals surface area contributed by atoms with Crippen LogP contribution in [0.5, 0.6) is 0 Å². The first-order chi connectivity index (χ1) is 9.97. The van der Waals surface area contributed by atoms with E-state index >= 15 is 0 Å². The van der Waals surface area contributed by atoms with Gasteiger partial charge in [0.1, 0.15) is 0 Å². The third-order valence-corrected chi connectivity index (χ3v) is 3.72. The van der Waals surface area contributed by atoms with Gasteiger partial charge in [-0.1, -0.05) is 6.92 Å². The summed E-state index contributed by atoms with van der Waals surface area (Å²) in [6.07, 6.45) is 1.54. The van der Waals surface area contributed by atoms with Crippen molar-refractivity contribution < 1.29 is 14.4 Å². The predicted octanol–water partition coefficient (Wildman–Crippen LogP) is -0.832. The molecule has 21 heavy (non-hydrogen) atoms. The molecule has 1 heterocycles. The minimum absolute atomic E-state index is 0.0490. The number of amides is 3. The first-order valence-corrected chi connectivity index (χ1v) is 7.54. The zero-order chi connectivity index (χ0) is 15.8. The van der Waals surface area contributed by atoms with Crippen LogP contribution >= 0.6 is 0 Å². The van der Waals surface area contributed by atoms with Crippen LogP contribution in [0, 0.1) is 5.92 Å². The van der Waals surface area contributed by atoms with E-state index in [0.29, 0.717) is 26.2 Å². The Morgan fingerprint density at radius 2 is 2.00 bits per heavy atom. The normalized spacial score (nSPS) is 18.6. The van der Waals surface area contributed by atoms with E-state index in [4.69, 9.17) is 5.73 Å². The maximum atomic E-state index is 12.3. The molecular formula is C14H26N4O3. The van der Waals surface area contributed by atoms with E-state index in [1.165, 1.54) is 0 Å². The summed E-state index contributed by atoms with van der Waals surface area (Å²) in [5, 5.41) is 2.72. The maximum Gasteiger partial charge on any atom is 0.236 e. The molecule has 1 aliphatic heterocycles. The van der Waals surface area contributed by atoms with E-state index in [1.807, 2.05) is 13.8 Å². The monoisotopic (exact) mass is 298 g/mol. The standard InChI is InChI=1S/C14H26N4O3/c1-3-16-12(19)9-17(4-2)10-13(20)18-7-5-6-11(8-18)14(15)21/h11H,3-10H2,1-2H3,(H2,15,21)(H,16,19). The van der Waals surface area contributed by atoms with Gasteiger partial charge in [0.05, 0.1) is 19.0 Å². The molecule has 3 N–H and O–H groups in total. The van der Waals surface area contributed by atoms with Crippen LogP contribution in [0.4, 0.5) is 0 Å². The Balaban J connectivity index is 2.49. The molecule has 120 valence electrons. The molecule has 0 radical (unpaired) electrons. The molecule has 0 saturated carbocycles. The van der Waals surface area contributed by atoms with Crippen molar-refractivity contribution in [2.45, 2.75) is 26.7 Å². The van der Waals surface area contributed by atoms with Gasteiger partial charge in [-0.25, -0.2) is 0 Å². The summed E-state index contributed by atoms with van der Waals surface area (Å²) in [5.74, 6) is -0.726. The number of piperidine rings is 1. The number of likely N-dealkylation sites (N-methyl/N-ethyl adjacent to an activating group) is 2. The minimum atomic E-state index is -0.345. The molecule has 7 heteroatoms. The molecule has 7 nitrogen and oxygen atoms in total. The zero-order valence-corrected chi connectivity index (χ0v) is 12.9. The molecule has 1 aliphatic rings. The number of nitrogens with two attached hydrogens (primary N) is 1. The van der Waals surface area contributed by atoms with Crippen molar-refractivity contribution in [2.75, 3.05) is 39.3 Å². The number of primary amides is 1. The Kier molecular flexibility index (Phi) is 7.14. The molecule has 0 aromatic rings. The molecular weight excluding hydrogens is 272 g/mol. The summed E-state index contributed by atoms with van der Waals surface area (Å²) in [7, 11) is 0. The van der Waals surface area contributed by atoms with Gasteiger partial charge in [0.15, 0.2) is 0 Å². The van der Waals surface area contributed by atoms with E-state index in [0.717, 1.165) is 12.8 Å². The van der Waals surface area contributed by atoms with E-state index < -0.39 is 0 Å². The second kappa shape index (κ2) is 8.61. The highest BCUT2D eigenvalue weighted by atomic mass is 16.2. The molecule has 0 aromatic heterocycles. The fourth-order valence-corrected chi connectivity index (χ4v) is 2.46. The third-order valence-electron chi connectivity index (χ3n) is 3.72. The summed E-state index contributed by atoms with van der Waals surface area (Å²) < 4.78 is 0. The van der Waals surface area contributed by atoms with Crippen molar-refractivity contribution in [1.82, 2.24) is 15.1 Å². The first-order valence-electron chi connectivity index (χ1n) is 7.54. The highest BCUT2D eigenvalue weighted by molar-refractivity contribution is 5.82. The number of hydrogen-bond acceptors (Lipinski definition) is 4. The lowest BCUT2D eigenvalue weighted by Gasteiger charge is -2.32. The fourth-order valence-electron chi connectivity index (χ4n) is 2.46. The van der Waals surface area contributed by atoms with Crippen LogP contribution in [0.25, 0.3) is 0 Å². The Bertz CT molecular complexity index is 386. The van der Waals surface area contributed by atoms with Crippen molar-refractivity contribution in [3.63, 3.8) is 0 Å². The van der Waals surface area contributed by atoms with Crippen molar-refractivity contribution in [1.29, 1.82) is 0 Å². The lowest BCUT2D eigenvalue weighted by atomic mass is 9.97. The van der Waals surface area contributed by atoms with Crippen LogP contribution in [0.2, 0.25) is 0 Å². The van der Waals surface area contributed by atoms with Crippen LogP contribution in [0.1, 0.15) is 26.7 Å². The molecule has 0 bridgehead atoms. The summed E-state index contributed by atoms with van der Waals surface area (Å²) >= 11 is 0. The van der Waals surface area contributed by atoms with Gasteiger partial charge in [-0.2, -0.15) is 0 Å². The summed E-state index contributed by atoms with van der Waals surface area (Å²) in [6, 6.07) is 0. The number of hydrogen-bond donors (Lipinski definition) is 2. The number of likely N-dealkylation sites (tertiary alicyclic amines) is 1. The Hall–Kier alpha value is -1.63. The van der Waals surface area contributed by atoms with E-state index in [-0.39, 0.29) is 36.7 Å². The van der Waals surface area contributed by atoms with Crippen molar-refractivity contribution in [3.05, 3.63) is 0 Å². The summed E-state index contributed by atoms with van der Waals surface area (Å²) in [5.41, 5.74) is 5.32. The second-order valence-corrected chi connectivity index (χ2v) is 5.34.